The fraction of sp³-hybridized carbons (Fsp3) is 0.769. The number of nitrogens with one attached hydrogen (secondary N) is 1. The minimum absolute atomic E-state index is 0.0674. The van der Waals surface area contributed by atoms with Crippen molar-refractivity contribution in [3.63, 3.8) is 0 Å². The van der Waals surface area contributed by atoms with Crippen LogP contribution in [0.4, 0.5) is 0 Å². The second-order valence-electron chi connectivity index (χ2n) is 6.10. The van der Waals surface area contributed by atoms with Gasteiger partial charge in [0, 0.05) is 12.5 Å². The van der Waals surface area contributed by atoms with Crippen LogP contribution in [0.25, 0.3) is 0 Å². The summed E-state index contributed by atoms with van der Waals surface area (Å²) in [6.45, 7) is 6.16. The molecule has 0 aromatic carbocycles. The van der Waals surface area contributed by atoms with E-state index < -0.39 is 10.1 Å². The molecule has 0 radical (unpaired) electrons. The maximum absolute atomic E-state index is 11.9. The van der Waals surface area contributed by atoms with Gasteiger partial charge in [-0.15, -0.1) is 0 Å². The van der Waals surface area contributed by atoms with Gasteiger partial charge < -0.3 is 10.1 Å². The Morgan fingerprint density at radius 1 is 1.55 bits per heavy atom. The van der Waals surface area contributed by atoms with Crippen LogP contribution in [0.15, 0.2) is 12.7 Å². The number of fused-ring (bicyclic) bond motifs is 1. The van der Waals surface area contributed by atoms with Crippen LogP contribution in [-0.2, 0) is 23.8 Å². The summed E-state index contributed by atoms with van der Waals surface area (Å²) in [7, 11) is -3.41. The highest BCUT2D eigenvalue weighted by Gasteiger charge is 2.69. The molecule has 7 heteroatoms. The van der Waals surface area contributed by atoms with E-state index in [0.717, 1.165) is 6.42 Å². The quantitative estimate of drug-likeness (QED) is 0.446. The minimum atomic E-state index is -3.41. The summed E-state index contributed by atoms with van der Waals surface area (Å²) in [5.41, 5.74) is -0.133. The zero-order valence-corrected chi connectivity index (χ0v) is 12.2. The van der Waals surface area contributed by atoms with Crippen molar-refractivity contribution in [3.8, 4) is 0 Å². The predicted molar refractivity (Wildman–Crippen MR) is 71.4 cm³/mol. The average Bonchev–Trinajstić information content (AvgIpc) is 2.91. The zero-order valence-electron chi connectivity index (χ0n) is 11.4. The first-order valence-electron chi connectivity index (χ1n) is 6.81. The van der Waals surface area contributed by atoms with Crippen molar-refractivity contribution in [3.05, 3.63) is 12.7 Å². The number of carbonyl (C=O) groups is 1. The molecule has 3 aliphatic rings. The van der Waals surface area contributed by atoms with Gasteiger partial charge in [-0.2, -0.15) is 8.42 Å². The molecule has 1 saturated heterocycles. The van der Waals surface area contributed by atoms with Gasteiger partial charge in [0.1, 0.15) is 6.10 Å². The zero-order chi connectivity index (χ0) is 14.5. The molecule has 0 aromatic rings. The maximum atomic E-state index is 11.9. The van der Waals surface area contributed by atoms with Gasteiger partial charge in [0.2, 0.25) is 5.91 Å². The second-order valence-corrected chi connectivity index (χ2v) is 7.89. The van der Waals surface area contributed by atoms with Crippen molar-refractivity contribution < 1.29 is 22.1 Å². The molecule has 3 fully saturated rings. The molecular formula is C13H19NO5S. The first kappa shape index (κ1) is 14.0. The molecule has 0 aromatic heterocycles. The maximum Gasteiger partial charge on any atom is 0.270 e. The molecule has 3 rings (SSSR count). The summed E-state index contributed by atoms with van der Waals surface area (Å²) in [5, 5.41) is 2.28. The van der Waals surface area contributed by atoms with Crippen molar-refractivity contribution >= 4 is 16.0 Å². The Balaban J connectivity index is 1.62. The van der Waals surface area contributed by atoms with Crippen LogP contribution in [0.1, 0.15) is 19.8 Å². The van der Waals surface area contributed by atoms with Crippen molar-refractivity contribution in [2.24, 2.45) is 11.3 Å². The van der Waals surface area contributed by atoms with Crippen LogP contribution in [0, 0.1) is 11.3 Å². The highest BCUT2D eigenvalue weighted by atomic mass is 32.2. The standard InChI is InChI=1S/C13H19NO5S/c1-3-10(15)14-4-5-18-12-11-8-6-13(12,2)7-9(8)20(16,17)19-11/h3,8-9,11-12H,1,4-7H2,2H3,(H,14,15). The lowest BCUT2D eigenvalue weighted by Crippen LogP contribution is -2.42. The third-order valence-electron chi connectivity index (χ3n) is 4.75. The number of rotatable bonds is 5. The molecular weight excluding hydrogens is 282 g/mol. The summed E-state index contributed by atoms with van der Waals surface area (Å²) in [6, 6.07) is 0. The van der Waals surface area contributed by atoms with E-state index in [1.165, 1.54) is 6.08 Å². The van der Waals surface area contributed by atoms with Crippen LogP contribution in [0.3, 0.4) is 0 Å². The van der Waals surface area contributed by atoms with Gasteiger partial charge in [-0.25, -0.2) is 0 Å². The Hall–Kier alpha value is -0.920. The molecule has 1 amide bonds. The van der Waals surface area contributed by atoms with E-state index in [1.54, 1.807) is 0 Å². The lowest BCUT2D eigenvalue weighted by Gasteiger charge is -2.32. The van der Waals surface area contributed by atoms with E-state index in [-0.39, 0.29) is 34.7 Å². The van der Waals surface area contributed by atoms with Gasteiger partial charge >= 0.3 is 0 Å². The molecule has 1 N–H and O–H groups in total. The number of ether oxygens (including phenoxy) is 1. The van der Waals surface area contributed by atoms with Gasteiger partial charge in [-0.05, 0) is 24.3 Å². The van der Waals surface area contributed by atoms with Gasteiger partial charge in [0.15, 0.2) is 0 Å². The summed E-state index contributed by atoms with van der Waals surface area (Å²) in [6.07, 6.45) is 2.10. The number of amides is 1. The highest BCUT2D eigenvalue weighted by molar-refractivity contribution is 7.87. The lowest BCUT2D eigenvalue weighted by molar-refractivity contribution is -0.117. The molecule has 0 spiro atoms. The Bertz CT molecular complexity index is 545. The van der Waals surface area contributed by atoms with Crippen molar-refractivity contribution in [2.45, 2.75) is 37.2 Å². The number of hydrogen-bond acceptors (Lipinski definition) is 5. The van der Waals surface area contributed by atoms with Crippen LogP contribution >= 0.6 is 0 Å². The van der Waals surface area contributed by atoms with Crippen LogP contribution in [0.2, 0.25) is 0 Å². The Labute approximate surface area is 118 Å². The fourth-order valence-corrected chi connectivity index (χ4v) is 5.90. The molecule has 2 bridgehead atoms. The van der Waals surface area contributed by atoms with Crippen molar-refractivity contribution in [2.75, 3.05) is 13.2 Å². The Morgan fingerprint density at radius 2 is 2.30 bits per heavy atom. The van der Waals surface area contributed by atoms with Crippen LogP contribution in [0.5, 0.6) is 0 Å². The summed E-state index contributed by atoms with van der Waals surface area (Å²) >= 11 is 0. The lowest BCUT2D eigenvalue weighted by atomic mass is 9.82. The minimum Gasteiger partial charge on any atom is -0.373 e. The predicted octanol–water partition coefficient (Wildman–Crippen LogP) is 0.201. The molecule has 2 saturated carbocycles. The van der Waals surface area contributed by atoms with E-state index in [9.17, 15) is 13.2 Å². The number of hydrogen-bond donors (Lipinski definition) is 1. The first-order chi connectivity index (χ1) is 9.37. The largest absolute Gasteiger partial charge is 0.373 e. The SMILES string of the molecule is C=CC(=O)NCCOC1C2OS(=O)(=O)C3CC1(C)CC23. The summed E-state index contributed by atoms with van der Waals surface area (Å²) in [5.74, 6) is -0.176. The smallest absolute Gasteiger partial charge is 0.270 e. The number of carbonyl (C=O) groups excluding carboxylic acids is 1. The van der Waals surface area contributed by atoms with Crippen molar-refractivity contribution in [1.82, 2.24) is 5.32 Å². The van der Waals surface area contributed by atoms with Gasteiger partial charge in [0.05, 0.1) is 18.0 Å². The Morgan fingerprint density at radius 3 is 3.00 bits per heavy atom. The van der Waals surface area contributed by atoms with Gasteiger partial charge in [0.25, 0.3) is 10.1 Å². The summed E-state index contributed by atoms with van der Waals surface area (Å²) in [4.78, 5) is 11.0. The average molecular weight is 301 g/mol. The van der Waals surface area contributed by atoms with Gasteiger partial charge in [-0.1, -0.05) is 13.5 Å². The molecule has 5 atom stereocenters. The van der Waals surface area contributed by atoms with E-state index in [1.807, 2.05) is 0 Å². The van der Waals surface area contributed by atoms with E-state index in [0.29, 0.717) is 19.6 Å². The summed E-state index contributed by atoms with van der Waals surface area (Å²) < 4.78 is 34.8. The molecule has 5 unspecified atom stereocenters. The molecule has 6 nitrogen and oxygen atoms in total. The van der Waals surface area contributed by atoms with E-state index in [2.05, 4.69) is 18.8 Å². The second kappa shape index (κ2) is 4.54. The molecule has 20 heavy (non-hydrogen) atoms. The third kappa shape index (κ3) is 1.99. The molecule has 1 heterocycles. The topological polar surface area (TPSA) is 81.7 Å². The van der Waals surface area contributed by atoms with Crippen molar-refractivity contribution in [1.29, 1.82) is 0 Å². The van der Waals surface area contributed by atoms with E-state index in [4.69, 9.17) is 8.92 Å². The third-order valence-corrected chi connectivity index (χ3v) is 6.50. The van der Waals surface area contributed by atoms with Crippen LogP contribution < -0.4 is 5.32 Å². The first-order valence-corrected chi connectivity index (χ1v) is 8.28. The van der Waals surface area contributed by atoms with Gasteiger partial charge in [-0.3, -0.25) is 8.98 Å². The fourth-order valence-electron chi connectivity index (χ4n) is 3.94. The Kier molecular flexibility index (Phi) is 3.19. The molecule has 1 aliphatic heterocycles. The normalized spacial score (nSPS) is 43.6. The molecule has 2 aliphatic carbocycles. The van der Waals surface area contributed by atoms with Crippen LogP contribution in [-0.4, -0.2) is 44.9 Å². The monoisotopic (exact) mass is 301 g/mol. The molecule has 112 valence electrons. The van der Waals surface area contributed by atoms with E-state index >= 15 is 0 Å². The highest BCUT2D eigenvalue weighted by Crippen LogP contribution is 2.61.